The van der Waals surface area contributed by atoms with Crippen molar-refractivity contribution >= 4 is 5.91 Å². The van der Waals surface area contributed by atoms with E-state index in [0.717, 1.165) is 17.7 Å². The fourth-order valence-corrected chi connectivity index (χ4v) is 2.22. The Balaban J connectivity index is 1.99. The average molecular weight is 286 g/mol. The first-order valence-corrected chi connectivity index (χ1v) is 7.29. The fraction of sp³-hybridized carbons (Fsp3) is 0.375. The standard InChI is InChI=1S/C16H22N4O/c1-2-13(11-17)10-16(21)18-12-14-6-3-4-7-15(14)20-9-5-8-19-20/h3-9,13H,2,10-12,17H2,1H3,(H,18,21). The molecule has 0 aliphatic carbocycles. The summed E-state index contributed by atoms with van der Waals surface area (Å²) < 4.78 is 1.80. The molecule has 3 N–H and O–H groups in total. The van der Waals surface area contributed by atoms with Gasteiger partial charge in [-0.2, -0.15) is 5.10 Å². The first-order valence-electron chi connectivity index (χ1n) is 7.29. The van der Waals surface area contributed by atoms with Gasteiger partial charge in [-0.15, -0.1) is 0 Å². The Morgan fingerprint density at radius 2 is 2.19 bits per heavy atom. The maximum Gasteiger partial charge on any atom is 0.220 e. The van der Waals surface area contributed by atoms with E-state index in [9.17, 15) is 4.79 Å². The molecule has 5 heteroatoms. The Kier molecular flexibility index (Phi) is 5.51. The van der Waals surface area contributed by atoms with Gasteiger partial charge in [0.05, 0.1) is 5.69 Å². The summed E-state index contributed by atoms with van der Waals surface area (Å²) in [6, 6.07) is 9.79. The zero-order valence-corrected chi connectivity index (χ0v) is 12.3. The molecule has 0 bridgehead atoms. The van der Waals surface area contributed by atoms with Crippen molar-refractivity contribution in [2.45, 2.75) is 26.3 Å². The largest absolute Gasteiger partial charge is 0.352 e. The van der Waals surface area contributed by atoms with Crippen molar-refractivity contribution in [2.75, 3.05) is 6.54 Å². The monoisotopic (exact) mass is 286 g/mol. The number of nitrogens with zero attached hydrogens (tertiary/aromatic N) is 2. The van der Waals surface area contributed by atoms with Gasteiger partial charge >= 0.3 is 0 Å². The van der Waals surface area contributed by atoms with Crippen LogP contribution in [-0.2, 0) is 11.3 Å². The molecule has 0 fully saturated rings. The van der Waals surface area contributed by atoms with Crippen molar-refractivity contribution in [3.8, 4) is 5.69 Å². The smallest absolute Gasteiger partial charge is 0.220 e. The van der Waals surface area contributed by atoms with E-state index in [4.69, 9.17) is 5.73 Å². The van der Waals surface area contributed by atoms with Crippen LogP contribution in [-0.4, -0.2) is 22.2 Å². The molecule has 1 unspecified atom stereocenters. The second-order valence-corrected chi connectivity index (χ2v) is 5.07. The Bertz CT molecular complexity index is 561. The van der Waals surface area contributed by atoms with Gasteiger partial charge in [0.15, 0.2) is 0 Å². The van der Waals surface area contributed by atoms with Gasteiger partial charge in [0.25, 0.3) is 0 Å². The number of para-hydroxylation sites is 1. The van der Waals surface area contributed by atoms with Crippen LogP contribution in [0.3, 0.4) is 0 Å². The number of carbonyl (C=O) groups excluding carboxylic acids is 1. The highest BCUT2D eigenvalue weighted by Crippen LogP contribution is 2.13. The summed E-state index contributed by atoms with van der Waals surface area (Å²) in [5, 5.41) is 7.20. The average Bonchev–Trinajstić information content (AvgIpc) is 3.05. The summed E-state index contributed by atoms with van der Waals surface area (Å²) in [5.74, 6) is 0.300. The van der Waals surface area contributed by atoms with E-state index < -0.39 is 0 Å². The van der Waals surface area contributed by atoms with Gasteiger partial charge < -0.3 is 11.1 Å². The van der Waals surface area contributed by atoms with E-state index in [0.29, 0.717) is 19.5 Å². The lowest BCUT2D eigenvalue weighted by atomic mass is 10.0. The first-order chi connectivity index (χ1) is 10.2. The molecule has 1 aromatic carbocycles. The lowest BCUT2D eigenvalue weighted by Gasteiger charge is -2.13. The highest BCUT2D eigenvalue weighted by Gasteiger charge is 2.11. The van der Waals surface area contributed by atoms with Crippen molar-refractivity contribution in [2.24, 2.45) is 11.7 Å². The van der Waals surface area contributed by atoms with Crippen molar-refractivity contribution < 1.29 is 4.79 Å². The zero-order chi connectivity index (χ0) is 15.1. The molecule has 1 aromatic heterocycles. The van der Waals surface area contributed by atoms with Crippen LogP contribution in [0.1, 0.15) is 25.3 Å². The predicted molar refractivity (Wildman–Crippen MR) is 82.9 cm³/mol. The third kappa shape index (κ3) is 4.16. The number of benzene rings is 1. The molecule has 0 aliphatic rings. The van der Waals surface area contributed by atoms with Crippen LogP contribution < -0.4 is 11.1 Å². The van der Waals surface area contributed by atoms with Gasteiger partial charge in [-0.1, -0.05) is 31.5 Å². The minimum Gasteiger partial charge on any atom is -0.352 e. The number of amides is 1. The lowest BCUT2D eigenvalue weighted by Crippen LogP contribution is -2.28. The number of nitrogens with two attached hydrogens (primary N) is 1. The van der Waals surface area contributed by atoms with Crippen LogP contribution in [0.15, 0.2) is 42.7 Å². The van der Waals surface area contributed by atoms with E-state index in [-0.39, 0.29) is 11.8 Å². The molecule has 1 heterocycles. The molecular weight excluding hydrogens is 264 g/mol. The van der Waals surface area contributed by atoms with E-state index in [1.807, 2.05) is 36.5 Å². The molecule has 0 radical (unpaired) electrons. The zero-order valence-electron chi connectivity index (χ0n) is 12.3. The van der Waals surface area contributed by atoms with Crippen LogP contribution in [0.5, 0.6) is 0 Å². The van der Waals surface area contributed by atoms with E-state index in [2.05, 4.69) is 17.3 Å². The molecule has 0 saturated heterocycles. The van der Waals surface area contributed by atoms with Crippen LogP contribution >= 0.6 is 0 Å². The molecule has 1 amide bonds. The minimum atomic E-state index is 0.0440. The predicted octanol–water partition coefficient (Wildman–Crippen LogP) is 1.86. The number of carbonyl (C=O) groups is 1. The van der Waals surface area contributed by atoms with Crippen LogP contribution in [0.4, 0.5) is 0 Å². The van der Waals surface area contributed by atoms with Gasteiger partial charge in [0, 0.05) is 25.4 Å². The first kappa shape index (κ1) is 15.3. The number of hydrogen-bond acceptors (Lipinski definition) is 3. The molecule has 112 valence electrons. The topological polar surface area (TPSA) is 72.9 Å². The summed E-state index contributed by atoms with van der Waals surface area (Å²) in [6.07, 6.45) is 5.04. The number of aromatic nitrogens is 2. The maximum absolute atomic E-state index is 12.0. The summed E-state index contributed by atoms with van der Waals surface area (Å²) in [4.78, 5) is 12.0. The summed E-state index contributed by atoms with van der Waals surface area (Å²) in [5.41, 5.74) is 7.65. The highest BCUT2D eigenvalue weighted by atomic mass is 16.1. The Morgan fingerprint density at radius 1 is 1.38 bits per heavy atom. The lowest BCUT2D eigenvalue weighted by molar-refractivity contribution is -0.122. The molecule has 0 aliphatic heterocycles. The molecule has 0 saturated carbocycles. The SMILES string of the molecule is CCC(CN)CC(=O)NCc1ccccc1-n1cccn1. The van der Waals surface area contributed by atoms with E-state index >= 15 is 0 Å². The molecule has 2 aromatic rings. The quantitative estimate of drug-likeness (QED) is 0.816. The van der Waals surface area contributed by atoms with Crippen molar-refractivity contribution in [1.82, 2.24) is 15.1 Å². The normalized spacial score (nSPS) is 12.1. The third-order valence-electron chi connectivity index (χ3n) is 3.60. The second-order valence-electron chi connectivity index (χ2n) is 5.07. The van der Waals surface area contributed by atoms with Crippen molar-refractivity contribution in [3.63, 3.8) is 0 Å². The molecule has 2 rings (SSSR count). The molecule has 21 heavy (non-hydrogen) atoms. The number of hydrogen-bond donors (Lipinski definition) is 2. The third-order valence-corrected chi connectivity index (χ3v) is 3.60. The summed E-state index contributed by atoms with van der Waals surface area (Å²) >= 11 is 0. The maximum atomic E-state index is 12.0. The number of nitrogens with one attached hydrogen (secondary N) is 1. The van der Waals surface area contributed by atoms with Gasteiger partial charge in [0.1, 0.15) is 0 Å². The summed E-state index contributed by atoms with van der Waals surface area (Å²) in [7, 11) is 0. The van der Waals surface area contributed by atoms with Gasteiger partial charge in [-0.25, -0.2) is 4.68 Å². The molecule has 5 nitrogen and oxygen atoms in total. The minimum absolute atomic E-state index is 0.0440. The van der Waals surface area contributed by atoms with Crippen molar-refractivity contribution in [3.05, 3.63) is 48.3 Å². The Hall–Kier alpha value is -2.14. The Labute approximate surface area is 125 Å². The second kappa shape index (κ2) is 7.59. The van der Waals surface area contributed by atoms with E-state index in [1.54, 1.807) is 10.9 Å². The molecular formula is C16H22N4O. The van der Waals surface area contributed by atoms with Gasteiger partial charge in [-0.05, 0) is 30.2 Å². The van der Waals surface area contributed by atoms with Crippen molar-refractivity contribution in [1.29, 1.82) is 0 Å². The van der Waals surface area contributed by atoms with E-state index in [1.165, 1.54) is 0 Å². The number of rotatable bonds is 7. The van der Waals surface area contributed by atoms with Crippen LogP contribution in [0.25, 0.3) is 5.69 Å². The molecule has 1 atom stereocenters. The van der Waals surface area contributed by atoms with Crippen LogP contribution in [0, 0.1) is 5.92 Å². The van der Waals surface area contributed by atoms with Crippen LogP contribution in [0.2, 0.25) is 0 Å². The molecule has 0 spiro atoms. The van der Waals surface area contributed by atoms with Gasteiger partial charge in [0.2, 0.25) is 5.91 Å². The fourth-order valence-electron chi connectivity index (χ4n) is 2.22. The highest BCUT2D eigenvalue weighted by molar-refractivity contribution is 5.76. The summed E-state index contributed by atoms with van der Waals surface area (Å²) in [6.45, 7) is 3.10. The Morgan fingerprint density at radius 3 is 2.86 bits per heavy atom. The van der Waals surface area contributed by atoms with Gasteiger partial charge in [-0.3, -0.25) is 4.79 Å².